The highest BCUT2D eigenvalue weighted by Gasteiger charge is 2.05. The largest absolute Gasteiger partial charge is 0.396 e. The number of rotatable bonds is 4. The van der Waals surface area contributed by atoms with Gasteiger partial charge in [0, 0.05) is 6.54 Å². The maximum absolute atomic E-state index is 5.66. The standard InChI is InChI=1S/C14H18N4/c1-10(11-5-3-2-4-6-11)9-17-13-8-7-12(15)14(16)18-13/h2-8,10H,9,15H2,1H3,(H3,16,17,18). The predicted octanol–water partition coefficient (Wildman–Crippen LogP) is 2.46. The van der Waals surface area contributed by atoms with Gasteiger partial charge >= 0.3 is 0 Å². The minimum absolute atomic E-state index is 0.368. The molecule has 0 amide bonds. The van der Waals surface area contributed by atoms with Gasteiger partial charge in [0.15, 0.2) is 0 Å². The van der Waals surface area contributed by atoms with Crippen LogP contribution in [0.4, 0.5) is 17.3 Å². The summed E-state index contributed by atoms with van der Waals surface area (Å²) in [6, 6.07) is 14.0. The lowest BCUT2D eigenvalue weighted by atomic mass is 10.0. The van der Waals surface area contributed by atoms with Crippen LogP contribution >= 0.6 is 0 Å². The van der Waals surface area contributed by atoms with Gasteiger partial charge in [0.05, 0.1) is 5.69 Å². The van der Waals surface area contributed by atoms with Crippen LogP contribution in [0.2, 0.25) is 0 Å². The third-order valence-electron chi connectivity index (χ3n) is 2.92. The number of anilines is 3. The summed E-state index contributed by atoms with van der Waals surface area (Å²) < 4.78 is 0. The van der Waals surface area contributed by atoms with Crippen LogP contribution in [0.15, 0.2) is 42.5 Å². The summed E-state index contributed by atoms with van der Waals surface area (Å²) in [4.78, 5) is 4.18. The minimum Gasteiger partial charge on any atom is -0.396 e. The monoisotopic (exact) mass is 242 g/mol. The van der Waals surface area contributed by atoms with Crippen LogP contribution in [0.5, 0.6) is 0 Å². The van der Waals surface area contributed by atoms with Gasteiger partial charge in [-0.2, -0.15) is 0 Å². The molecule has 1 unspecified atom stereocenters. The first-order valence-electron chi connectivity index (χ1n) is 5.97. The van der Waals surface area contributed by atoms with E-state index in [4.69, 9.17) is 11.5 Å². The second kappa shape index (κ2) is 5.40. The Morgan fingerprint density at radius 2 is 1.83 bits per heavy atom. The number of hydrogen-bond donors (Lipinski definition) is 3. The SMILES string of the molecule is CC(CNc1ccc(N)c(N)n1)c1ccccc1. The Kier molecular flexibility index (Phi) is 3.67. The van der Waals surface area contributed by atoms with E-state index in [2.05, 4.69) is 29.4 Å². The summed E-state index contributed by atoms with van der Waals surface area (Å²) in [7, 11) is 0. The van der Waals surface area contributed by atoms with E-state index in [1.54, 1.807) is 6.07 Å². The second-order valence-electron chi connectivity index (χ2n) is 4.36. The Balaban J connectivity index is 1.97. The van der Waals surface area contributed by atoms with Crippen molar-refractivity contribution in [3.63, 3.8) is 0 Å². The van der Waals surface area contributed by atoms with Gasteiger partial charge in [-0.25, -0.2) is 4.98 Å². The van der Waals surface area contributed by atoms with Crippen molar-refractivity contribution in [3.8, 4) is 0 Å². The zero-order valence-corrected chi connectivity index (χ0v) is 10.4. The zero-order valence-electron chi connectivity index (χ0n) is 10.4. The van der Waals surface area contributed by atoms with Crippen molar-refractivity contribution in [1.82, 2.24) is 4.98 Å². The molecule has 1 heterocycles. The zero-order chi connectivity index (χ0) is 13.0. The first-order chi connectivity index (χ1) is 8.66. The Morgan fingerprint density at radius 1 is 1.11 bits per heavy atom. The molecule has 2 rings (SSSR count). The molecule has 4 heteroatoms. The quantitative estimate of drug-likeness (QED) is 0.769. The highest BCUT2D eigenvalue weighted by Crippen LogP contribution is 2.18. The van der Waals surface area contributed by atoms with Crippen LogP contribution in [0, 0.1) is 0 Å². The summed E-state index contributed by atoms with van der Waals surface area (Å²) in [5.41, 5.74) is 13.1. The molecule has 0 spiro atoms. The van der Waals surface area contributed by atoms with Crippen molar-refractivity contribution in [2.75, 3.05) is 23.3 Å². The molecule has 0 saturated heterocycles. The number of benzene rings is 1. The number of nitrogens with two attached hydrogens (primary N) is 2. The van der Waals surface area contributed by atoms with E-state index < -0.39 is 0 Å². The van der Waals surface area contributed by atoms with E-state index in [1.165, 1.54) is 5.56 Å². The molecule has 4 nitrogen and oxygen atoms in total. The Labute approximate surface area is 107 Å². The number of pyridine rings is 1. The first kappa shape index (κ1) is 12.2. The number of nitrogens with one attached hydrogen (secondary N) is 1. The summed E-state index contributed by atoms with van der Waals surface area (Å²) in [5.74, 6) is 1.53. The van der Waals surface area contributed by atoms with Gasteiger partial charge in [-0.3, -0.25) is 0 Å². The number of hydrogen-bond acceptors (Lipinski definition) is 4. The molecule has 0 aliphatic carbocycles. The van der Waals surface area contributed by atoms with Crippen molar-refractivity contribution in [1.29, 1.82) is 0 Å². The van der Waals surface area contributed by atoms with Gasteiger partial charge in [-0.15, -0.1) is 0 Å². The average molecular weight is 242 g/mol. The maximum atomic E-state index is 5.66. The lowest BCUT2D eigenvalue weighted by Gasteiger charge is -2.14. The Hall–Kier alpha value is -2.23. The maximum Gasteiger partial charge on any atom is 0.149 e. The fraction of sp³-hybridized carbons (Fsp3) is 0.214. The number of aromatic nitrogens is 1. The van der Waals surface area contributed by atoms with Crippen LogP contribution in [0.3, 0.4) is 0 Å². The molecule has 0 fully saturated rings. The molecule has 0 aliphatic rings. The summed E-state index contributed by atoms with van der Waals surface area (Å²) >= 11 is 0. The normalized spacial score (nSPS) is 12.1. The van der Waals surface area contributed by atoms with Crippen molar-refractivity contribution in [2.45, 2.75) is 12.8 Å². The van der Waals surface area contributed by atoms with Gasteiger partial charge in [0.1, 0.15) is 11.6 Å². The highest BCUT2D eigenvalue weighted by atomic mass is 15.0. The molecular weight excluding hydrogens is 224 g/mol. The summed E-state index contributed by atoms with van der Waals surface area (Å²) in [5, 5.41) is 3.26. The highest BCUT2D eigenvalue weighted by molar-refractivity contribution is 5.61. The fourth-order valence-electron chi connectivity index (χ4n) is 1.74. The van der Waals surface area contributed by atoms with Crippen LogP contribution < -0.4 is 16.8 Å². The summed E-state index contributed by atoms with van der Waals surface area (Å²) in [6.45, 7) is 2.98. The van der Waals surface area contributed by atoms with E-state index in [9.17, 15) is 0 Å². The van der Waals surface area contributed by atoms with E-state index >= 15 is 0 Å². The van der Waals surface area contributed by atoms with Crippen molar-refractivity contribution in [3.05, 3.63) is 48.0 Å². The second-order valence-corrected chi connectivity index (χ2v) is 4.36. The lowest BCUT2D eigenvalue weighted by Crippen LogP contribution is -2.11. The smallest absolute Gasteiger partial charge is 0.149 e. The molecule has 1 aromatic carbocycles. The molecule has 2 aromatic rings. The van der Waals surface area contributed by atoms with Crippen molar-refractivity contribution in [2.24, 2.45) is 0 Å². The van der Waals surface area contributed by atoms with Crippen LogP contribution in [0.25, 0.3) is 0 Å². The van der Waals surface area contributed by atoms with E-state index in [0.717, 1.165) is 12.4 Å². The van der Waals surface area contributed by atoms with Gasteiger partial charge in [0.2, 0.25) is 0 Å². The Bertz CT molecular complexity index is 510. The third-order valence-corrected chi connectivity index (χ3v) is 2.92. The van der Waals surface area contributed by atoms with E-state index in [0.29, 0.717) is 17.4 Å². The van der Waals surface area contributed by atoms with Gasteiger partial charge in [0.25, 0.3) is 0 Å². The van der Waals surface area contributed by atoms with Gasteiger partial charge in [-0.05, 0) is 23.6 Å². The van der Waals surface area contributed by atoms with Crippen molar-refractivity contribution >= 4 is 17.3 Å². The Morgan fingerprint density at radius 3 is 2.50 bits per heavy atom. The van der Waals surface area contributed by atoms with Gasteiger partial charge < -0.3 is 16.8 Å². The summed E-state index contributed by atoms with van der Waals surface area (Å²) in [6.07, 6.45) is 0. The third kappa shape index (κ3) is 2.91. The van der Waals surface area contributed by atoms with Gasteiger partial charge in [-0.1, -0.05) is 37.3 Å². The molecular formula is C14H18N4. The van der Waals surface area contributed by atoms with E-state index in [1.807, 2.05) is 24.3 Å². The lowest BCUT2D eigenvalue weighted by molar-refractivity contribution is 0.802. The number of nitrogen functional groups attached to an aromatic ring is 2. The first-order valence-corrected chi connectivity index (χ1v) is 5.97. The molecule has 18 heavy (non-hydrogen) atoms. The fourth-order valence-corrected chi connectivity index (χ4v) is 1.74. The topological polar surface area (TPSA) is 77.0 Å². The average Bonchev–Trinajstić information content (AvgIpc) is 2.41. The molecule has 0 saturated carbocycles. The molecule has 0 aliphatic heterocycles. The predicted molar refractivity (Wildman–Crippen MR) is 76.4 cm³/mol. The van der Waals surface area contributed by atoms with Crippen LogP contribution in [-0.4, -0.2) is 11.5 Å². The molecule has 94 valence electrons. The molecule has 0 bridgehead atoms. The molecule has 5 N–H and O–H groups in total. The van der Waals surface area contributed by atoms with Crippen LogP contribution in [-0.2, 0) is 0 Å². The minimum atomic E-state index is 0.368. The van der Waals surface area contributed by atoms with Crippen LogP contribution in [0.1, 0.15) is 18.4 Å². The molecule has 1 atom stereocenters. The number of nitrogens with zero attached hydrogens (tertiary/aromatic N) is 1. The van der Waals surface area contributed by atoms with E-state index in [-0.39, 0.29) is 0 Å². The molecule has 1 aromatic heterocycles. The molecule has 0 radical (unpaired) electrons. The van der Waals surface area contributed by atoms with Crippen molar-refractivity contribution < 1.29 is 0 Å².